The van der Waals surface area contributed by atoms with Gasteiger partial charge < -0.3 is 14.7 Å². The molecule has 0 aliphatic carbocycles. The second-order valence-corrected chi connectivity index (χ2v) is 11.6. The number of hydrogen-bond donors (Lipinski definition) is 1. The number of carbonyl (C=O) groups excluding carboxylic acids is 1. The highest BCUT2D eigenvalue weighted by Gasteiger charge is 2.42. The van der Waals surface area contributed by atoms with E-state index in [-0.39, 0.29) is 11.5 Å². The highest BCUT2D eigenvalue weighted by atomic mass is 35.5. The molecule has 1 aliphatic heterocycles. The van der Waals surface area contributed by atoms with Crippen LogP contribution >= 0.6 is 11.6 Å². The molecule has 0 aromatic heterocycles. The van der Waals surface area contributed by atoms with Gasteiger partial charge in [0.15, 0.2) is 11.7 Å². The number of rotatable bonds is 14. The molecular weight excluding hydrogens is 669 g/mol. The summed E-state index contributed by atoms with van der Waals surface area (Å²) in [5, 5.41) is 15.8. The molecule has 1 aromatic rings. The molecule has 1 aliphatic rings. The third-order valence-electron chi connectivity index (χ3n) is 7.15. The maximum atomic E-state index is 13.8. The first-order valence-electron chi connectivity index (χ1n) is 16.2. The summed E-state index contributed by atoms with van der Waals surface area (Å²) in [5.41, 5.74) is 2.25. The Bertz CT molecular complexity index is 1410. The van der Waals surface area contributed by atoms with Gasteiger partial charge in [0.2, 0.25) is 0 Å². The third kappa shape index (κ3) is 16.1. The Balaban J connectivity index is 0. The highest BCUT2D eigenvalue weighted by molar-refractivity contribution is 6.29. The largest absolute Gasteiger partial charge is 0.478 e. The van der Waals surface area contributed by atoms with E-state index in [2.05, 4.69) is 23.2 Å². The summed E-state index contributed by atoms with van der Waals surface area (Å²) in [5.74, 6) is -3.36. The Morgan fingerprint density at radius 3 is 2.16 bits per heavy atom. The van der Waals surface area contributed by atoms with E-state index in [0.29, 0.717) is 49.8 Å². The first-order chi connectivity index (χ1) is 23.5. The molecule has 0 saturated carbocycles. The second-order valence-electron chi connectivity index (χ2n) is 11.3. The quantitative estimate of drug-likeness (QED) is 0.0676. The van der Waals surface area contributed by atoms with Crippen LogP contribution in [0.5, 0.6) is 0 Å². The van der Waals surface area contributed by atoms with Crippen LogP contribution in [0.3, 0.4) is 0 Å². The van der Waals surface area contributed by atoms with Crippen molar-refractivity contribution in [2.75, 3.05) is 38.8 Å². The van der Waals surface area contributed by atoms with Crippen molar-refractivity contribution in [3.8, 4) is 0 Å². The molecule has 0 radical (unpaired) electrons. The summed E-state index contributed by atoms with van der Waals surface area (Å²) in [7, 11) is 2.44. The number of anilines is 1. The number of nitrogens with zero attached hydrogens (tertiary/aromatic N) is 4. The Kier molecular flexibility index (Phi) is 24.0. The molecule has 1 heterocycles. The summed E-state index contributed by atoms with van der Waals surface area (Å²) >= 11 is 6.82. The molecule has 2 rings (SSSR count). The molecular formula is C38H56ClF3N4O4. The fraction of sp³-hybridized carbons (Fsp3) is 0.447. The predicted molar refractivity (Wildman–Crippen MR) is 203 cm³/mol. The maximum absolute atomic E-state index is 13.8. The molecule has 0 bridgehead atoms. The van der Waals surface area contributed by atoms with Gasteiger partial charge in [-0.2, -0.15) is 5.10 Å². The van der Waals surface area contributed by atoms with Gasteiger partial charge in [0, 0.05) is 42.5 Å². The number of halogens is 4. The Hall–Kier alpha value is -4.09. The van der Waals surface area contributed by atoms with Crippen LogP contribution in [0.4, 0.5) is 23.7 Å². The van der Waals surface area contributed by atoms with E-state index in [1.54, 1.807) is 30.1 Å². The number of benzene rings is 1. The van der Waals surface area contributed by atoms with Gasteiger partial charge in [-0.25, -0.2) is 23.4 Å². The summed E-state index contributed by atoms with van der Waals surface area (Å²) in [4.78, 5) is 27.3. The molecule has 12 heteroatoms. The monoisotopic (exact) mass is 724 g/mol. The first kappa shape index (κ1) is 48.0. The molecule has 280 valence electrons. The number of hydrogen-bond acceptors (Lipinski definition) is 6. The number of cyclic esters (lactones) is 1. The molecule has 1 saturated heterocycles. The molecule has 1 amide bonds. The minimum absolute atomic E-state index is 0.141. The highest BCUT2D eigenvalue weighted by Crippen LogP contribution is 2.31. The van der Waals surface area contributed by atoms with E-state index in [4.69, 9.17) is 21.4 Å². The topological polar surface area (TPSA) is 85.7 Å². The fourth-order valence-corrected chi connectivity index (χ4v) is 4.39. The van der Waals surface area contributed by atoms with E-state index in [9.17, 15) is 22.8 Å². The lowest BCUT2D eigenvalue weighted by Gasteiger charge is -2.27. The van der Waals surface area contributed by atoms with Crippen LogP contribution in [-0.4, -0.2) is 72.3 Å². The smallest absolute Gasteiger partial charge is 0.415 e. The molecule has 1 N–H and O–H groups in total. The summed E-state index contributed by atoms with van der Waals surface area (Å²) in [6.07, 6.45) is 7.08. The minimum Gasteiger partial charge on any atom is -0.478 e. The number of carbonyl (C=O) groups is 2. The molecule has 2 unspecified atom stereocenters. The number of hydrazone groups is 1. The fourth-order valence-electron chi connectivity index (χ4n) is 4.16. The van der Waals surface area contributed by atoms with Crippen LogP contribution in [0.15, 0.2) is 101 Å². The van der Waals surface area contributed by atoms with Crippen molar-refractivity contribution < 1.29 is 32.6 Å². The van der Waals surface area contributed by atoms with Crippen LogP contribution in [0.1, 0.15) is 79.1 Å². The van der Waals surface area contributed by atoms with Crippen LogP contribution in [0.2, 0.25) is 0 Å². The van der Waals surface area contributed by atoms with Gasteiger partial charge >= 0.3 is 12.1 Å². The number of carboxylic acids is 1. The van der Waals surface area contributed by atoms with Crippen molar-refractivity contribution >= 4 is 35.1 Å². The Morgan fingerprint density at radius 1 is 1.14 bits per heavy atom. The van der Waals surface area contributed by atoms with E-state index in [1.165, 1.54) is 23.1 Å². The number of alkyl halides is 1. The zero-order valence-electron chi connectivity index (χ0n) is 31.5. The number of likely N-dealkylation sites (N-methyl/N-ethyl adjacent to an activating group) is 1. The molecule has 2 atom stereocenters. The second kappa shape index (κ2) is 25.0. The van der Waals surface area contributed by atoms with E-state index < -0.39 is 29.3 Å². The average Bonchev–Trinajstić information content (AvgIpc) is 3.43. The summed E-state index contributed by atoms with van der Waals surface area (Å²) in [6.45, 7) is 25.0. The van der Waals surface area contributed by atoms with Crippen LogP contribution in [-0.2, 0) is 4.74 Å². The van der Waals surface area contributed by atoms with Crippen molar-refractivity contribution in [1.29, 1.82) is 0 Å². The molecule has 8 nitrogen and oxygen atoms in total. The van der Waals surface area contributed by atoms with Gasteiger partial charge in [-0.3, -0.25) is 9.29 Å². The van der Waals surface area contributed by atoms with E-state index in [0.717, 1.165) is 23.4 Å². The minimum atomic E-state index is -1.03. The number of allylic oxidation sites excluding steroid dienone is 8. The molecule has 0 spiro atoms. The lowest BCUT2D eigenvalue weighted by atomic mass is 10.0. The van der Waals surface area contributed by atoms with Gasteiger partial charge in [-0.15, -0.1) is 6.58 Å². The van der Waals surface area contributed by atoms with Gasteiger partial charge in [0.25, 0.3) is 0 Å². The lowest BCUT2D eigenvalue weighted by Crippen LogP contribution is -2.36. The van der Waals surface area contributed by atoms with Crippen LogP contribution in [0.25, 0.3) is 0 Å². The molecule has 1 fully saturated rings. The number of ether oxygens (including phenoxy) is 1. The SMILES string of the molecule is C=C/C(F)=C(F)\C=C/C(C)/C(C)=N/N(/C(Cl)=C(\C)CN(C)CCC1(C)CN(c2ccc(C(=O)O)cc2)C(=O)O1)/C(C)=C/C.C=CC.CC.CF. The first-order valence-corrected chi connectivity index (χ1v) is 16.6. The summed E-state index contributed by atoms with van der Waals surface area (Å²) < 4.78 is 42.3. The van der Waals surface area contributed by atoms with Crippen molar-refractivity contribution in [3.05, 3.63) is 101 Å². The predicted octanol–water partition coefficient (Wildman–Crippen LogP) is 10.8. The lowest BCUT2D eigenvalue weighted by molar-refractivity contribution is 0.0580. The van der Waals surface area contributed by atoms with Crippen molar-refractivity contribution in [2.24, 2.45) is 11.0 Å². The zero-order valence-corrected chi connectivity index (χ0v) is 32.2. The van der Waals surface area contributed by atoms with Gasteiger partial charge in [-0.1, -0.05) is 57.2 Å². The van der Waals surface area contributed by atoms with Gasteiger partial charge in [0.1, 0.15) is 10.8 Å². The number of amides is 1. The molecule has 1 aromatic carbocycles. The zero-order chi connectivity index (χ0) is 39.2. The van der Waals surface area contributed by atoms with Gasteiger partial charge in [-0.05, 0) is 90.6 Å². The molecule has 50 heavy (non-hydrogen) atoms. The van der Waals surface area contributed by atoms with Gasteiger partial charge in [0.05, 0.1) is 19.3 Å². The maximum Gasteiger partial charge on any atom is 0.415 e. The number of carboxylic acid groups (broad SMARTS) is 1. The van der Waals surface area contributed by atoms with Crippen molar-refractivity contribution in [1.82, 2.24) is 9.91 Å². The third-order valence-corrected chi connectivity index (χ3v) is 7.63. The van der Waals surface area contributed by atoms with Crippen molar-refractivity contribution in [3.63, 3.8) is 0 Å². The van der Waals surface area contributed by atoms with Crippen LogP contribution in [0, 0.1) is 5.92 Å². The summed E-state index contributed by atoms with van der Waals surface area (Å²) in [6, 6.07) is 6.10. The Labute approximate surface area is 302 Å². The standard InChI is InChI=1S/C32H41ClF2N4O4.C3H6.C2H6.CH3F/c1-9-23(5)39(36-24(6)21(3)11-16-28(35)27(34)10-2)29(33)22(4)19-37(8)18-17-32(7)20-38(31(42)43-32)26-14-12-25(13-15-26)30(40)41;1-3-2;2*1-2/h9-16,21H,2,17-20H2,1,3-8H3,(H,40,41);3H,1H2,2H3;1-2H3;1H3/b16-11-,23-9+,28-27-,29-22+,36-24+;;;. The Morgan fingerprint density at radius 2 is 1.68 bits per heavy atom. The van der Waals surface area contributed by atoms with Crippen LogP contribution < -0.4 is 4.90 Å². The number of aromatic carboxylic acids is 1. The average molecular weight is 725 g/mol. The van der Waals surface area contributed by atoms with E-state index >= 15 is 0 Å². The van der Waals surface area contributed by atoms with Crippen molar-refractivity contribution in [2.45, 2.75) is 74.3 Å². The normalized spacial score (nSPS) is 17.5. The van der Waals surface area contributed by atoms with E-state index in [1.807, 2.05) is 68.5 Å².